The number of Topliss-reactive ketones (excluding diaryl/α,β-unsaturated/α-hetero) is 1. The lowest BCUT2D eigenvalue weighted by atomic mass is 9.68. The van der Waals surface area contributed by atoms with Gasteiger partial charge in [0.25, 0.3) is 0 Å². The second-order valence-corrected chi connectivity index (χ2v) is 5.52. The van der Waals surface area contributed by atoms with Gasteiger partial charge in [-0.1, -0.05) is 26.0 Å². The molecule has 0 saturated heterocycles. The summed E-state index contributed by atoms with van der Waals surface area (Å²) in [4.78, 5) is 22.5. The third kappa shape index (κ3) is 2.04. The van der Waals surface area contributed by atoms with Gasteiger partial charge in [0.1, 0.15) is 6.29 Å². The van der Waals surface area contributed by atoms with E-state index in [9.17, 15) is 9.59 Å². The summed E-state index contributed by atoms with van der Waals surface area (Å²) in [5, 5.41) is 0. The standard InChI is InChI=1S/C15H18O2/c1-10(17)11-4-5-13-12(9-16)6-7-15(2,3)14(13)8-11/h4-5,8-9,12H,6-7H2,1-3H3. The number of aldehydes is 1. The van der Waals surface area contributed by atoms with Crippen molar-refractivity contribution in [3.63, 3.8) is 0 Å². The first kappa shape index (κ1) is 12.0. The molecule has 1 aliphatic carbocycles. The van der Waals surface area contributed by atoms with Crippen LogP contribution in [0.25, 0.3) is 0 Å². The van der Waals surface area contributed by atoms with Crippen molar-refractivity contribution in [2.45, 2.75) is 44.9 Å². The van der Waals surface area contributed by atoms with Crippen molar-refractivity contribution in [1.82, 2.24) is 0 Å². The van der Waals surface area contributed by atoms with E-state index < -0.39 is 0 Å². The molecule has 0 bridgehead atoms. The van der Waals surface area contributed by atoms with E-state index in [1.165, 1.54) is 0 Å². The molecule has 0 N–H and O–H groups in total. The maximum Gasteiger partial charge on any atom is 0.159 e. The number of fused-ring (bicyclic) bond motifs is 1. The second-order valence-electron chi connectivity index (χ2n) is 5.52. The number of hydrogen-bond acceptors (Lipinski definition) is 2. The fourth-order valence-corrected chi connectivity index (χ4v) is 2.63. The van der Waals surface area contributed by atoms with Crippen LogP contribution < -0.4 is 0 Å². The van der Waals surface area contributed by atoms with Crippen LogP contribution in [0.5, 0.6) is 0 Å². The summed E-state index contributed by atoms with van der Waals surface area (Å²) in [5.74, 6) is 0.0795. The highest BCUT2D eigenvalue weighted by molar-refractivity contribution is 5.94. The highest BCUT2D eigenvalue weighted by atomic mass is 16.1. The maximum atomic E-state index is 11.4. The lowest BCUT2D eigenvalue weighted by molar-refractivity contribution is -0.109. The molecule has 1 aromatic carbocycles. The third-order valence-electron chi connectivity index (χ3n) is 3.83. The minimum absolute atomic E-state index is 0.000895. The van der Waals surface area contributed by atoms with Crippen molar-refractivity contribution < 1.29 is 9.59 Å². The molecule has 0 aliphatic heterocycles. The second kappa shape index (κ2) is 4.10. The van der Waals surface area contributed by atoms with Gasteiger partial charge in [0, 0.05) is 11.5 Å². The highest BCUT2D eigenvalue weighted by Gasteiger charge is 2.32. The lowest BCUT2D eigenvalue weighted by Crippen LogP contribution is -2.27. The van der Waals surface area contributed by atoms with Gasteiger partial charge in [0.2, 0.25) is 0 Å². The van der Waals surface area contributed by atoms with Gasteiger partial charge in [-0.05, 0) is 42.4 Å². The first-order chi connectivity index (χ1) is 7.95. The summed E-state index contributed by atoms with van der Waals surface area (Å²) >= 11 is 0. The largest absolute Gasteiger partial charge is 0.303 e. The first-order valence-corrected chi connectivity index (χ1v) is 6.06. The fourth-order valence-electron chi connectivity index (χ4n) is 2.63. The van der Waals surface area contributed by atoms with Crippen LogP contribution in [0.4, 0.5) is 0 Å². The number of rotatable bonds is 2. The van der Waals surface area contributed by atoms with Gasteiger partial charge in [-0.3, -0.25) is 4.79 Å². The lowest BCUT2D eigenvalue weighted by Gasteiger charge is -2.35. The number of carbonyl (C=O) groups is 2. The van der Waals surface area contributed by atoms with Gasteiger partial charge in [-0.25, -0.2) is 0 Å². The summed E-state index contributed by atoms with van der Waals surface area (Å²) in [6.45, 7) is 5.93. The average Bonchev–Trinajstić information content (AvgIpc) is 2.29. The monoisotopic (exact) mass is 230 g/mol. The van der Waals surface area contributed by atoms with Crippen LogP contribution in [0.15, 0.2) is 18.2 Å². The van der Waals surface area contributed by atoms with Gasteiger partial charge in [0.05, 0.1) is 0 Å². The molecule has 2 nitrogen and oxygen atoms in total. The molecule has 1 aromatic rings. The van der Waals surface area contributed by atoms with Gasteiger partial charge in [0.15, 0.2) is 5.78 Å². The normalized spacial score (nSPS) is 21.7. The van der Waals surface area contributed by atoms with E-state index in [4.69, 9.17) is 0 Å². The summed E-state index contributed by atoms with van der Waals surface area (Å²) < 4.78 is 0. The Hall–Kier alpha value is -1.44. The SMILES string of the molecule is CC(=O)c1ccc2c(c1)C(C)(C)CCC2C=O. The number of carbonyl (C=O) groups excluding carboxylic acids is 2. The van der Waals surface area contributed by atoms with Crippen molar-refractivity contribution >= 4 is 12.1 Å². The molecule has 0 radical (unpaired) electrons. The Kier molecular flexibility index (Phi) is 2.90. The maximum absolute atomic E-state index is 11.4. The zero-order valence-corrected chi connectivity index (χ0v) is 10.6. The highest BCUT2D eigenvalue weighted by Crippen LogP contribution is 2.42. The number of benzene rings is 1. The molecule has 1 atom stereocenters. The van der Waals surface area contributed by atoms with E-state index in [-0.39, 0.29) is 17.1 Å². The minimum Gasteiger partial charge on any atom is -0.303 e. The fraction of sp³-hybridized carbons (Fsp3) is 0.467. The molecular weight excluding hydrogens is 212 g/mol. The van der Waals surface area contributed by atoms with Crippen LogP contribution >= 0.6 is 0 Å². The summed E-state index contributed by atoms with van der Waals surface area (Å²) in [7, 11) is 0. The van der Waals surface area contributed by atoms with Crippen molar-refractivity contribution in [2.75, 3.05) is 0 Å². The Labute approximate surface area is 102 Å². The van der Waals surface area contributed by atoms with Crippen LogP contribution in [0, 0.1) is 0 Å². The molecule has 1 aliphatic rings. The molecule has 90 valence electrons. The molecule has 0 saturated carbocycles. The quantitative estimate of drug-likeness (QED) is 0.577. The van der Waals surface area contributed by atoms with Gasteiger partial charge >= 0.3 is 0 Å². The van der Waals surface area contributed by atoms with Crippen molar-refractivity contribution in [1.29, 1.82) is 0 Å². The number of hydrogen-bond donors (Lipinski definition) is 0. The van der Waals surface area contributed by atoms with Crippen LogP contribution in [0.3, 0.4) is 0 Å². The van der Waals surface area contributed by atoms with Crippen molar-refractivity contribution in [2.24, 2.45) is 0 Å². The van der Waals surface area contributed by atoms with Gasteiger partial charge in [-0.15, -0.1) is 0 Å². The van der Waals surface area contributed by atoms with Crippen molar-refractivity contribution in [3.05, 3.63) is 34.9 Å². The molecule has 0 heterocycles. The Morgan fingerprint density at radius 2 is 2.12 bits per heavy atom. The van der Waals surface area contributed by atoms with E-state index in [1.54, 1.807) is 6.92 Å². The molecule has 2 rings (SSSR count). The van der Waals surface area contributed by atoms with Crippen LogP contribution in [-0.2, 0) is 10.2 Å². The predicted octanol–water partition coefficient (Wildman–Crippen LogP) is 3.24. The van der Waals surface area contributed by atoms with Gasteiger partial charge in [-0.2, -0.15) is 0 Å². The Bertz CT molecular complexity index is 472. The van der Waals surface area contributed by atoms with Crippen molar-refractivity contribution in [3.8, 4) is 0 Å². The van der Waals surface area contributed by atoms with E-state index in [0.717, 1.165) is 35.8 Å². The topological polar surface area (TPSA) is 34.1 Å². The molecule has 0 fully saturated rings. The first-order valence-electron chi connectivity index (χ1n) is 6.06. The van der Waals surface area contributed by atoms with Crippen LogP contribution in [0.1, 0.15) is 61.0 Å². The minimum atomic E-state index is -0.000895. The molecule has 0 aromatic heterocycles. The summed E-state index contributed by atoms with van der Waals surface area (Å²) in [5.41, 5.74) is 3.05. The predicted molar refractivity (Wildman–Crippen MR) is 67.5 cm³/mol. The van der Waals surface area contributed by atoms with Gasteiger partial charge < -0.3 is 4.79 Å². The molecular formula is C15H18O2. The Morgan fingerprint density at radius 3 is 2.71 bits per heavy atom. The molecule has 2 heteroatoms. The van der Waals surface area contributed by atoms with E-state index in [1.807, 2.05) is 18.2 Å². The summed E-state index contributed by atoms with van der Waals surface area (Å²) in [6, 6.07) is 5.75. The van der Waals surface area contributed by atoms with E-state index in [2.05, 4.69) is 13.8 Å². The third-order valence-corrected chi connectivity index (χ3v) is 3.83. The molecule has 17 heavy (non-hydrogen) atoms. The molecule has 0 spiro atoms. The Balaban J connectivity index is 2.59. The van der Waals surface area contributed by atoms with E-state index >= 15 is 0 Å². The van der Waals surface area contributed by atoms with E-state index in [0.29, 0.717) is 0 Å². The smallest absolute Gasteiger partial charge is 0.159 e. The zero-order valence-electron chi connectivity index (χ0n) is 10.6. The summed E-state index contributed by atoms with van der Waals surface area (Å²) in [6.07, 6.45) is 2.93. The number of ketones is 1. The molecule has 0 amide bonds. The van der Waals surface area contributed by atoms with Crippen LogP contribution in [-0.4, -0.2) is 12.1 Å². The zero-order chi connectivity index (χ0) is 12.6. The Morgan fingerprint density at radius 1 is 1.41 bits per heavy atom. The van der Waals surface area contributed by atoms with Crippen LogP contribution in [0.2, 0.25) is 0 Å². The molecule has 1 unspecified atom stereocenters. The average molecular weight is 230 g/mol.